The number of para-hydroxylation sites is 1. The van der Waals surface area contributed by atoms with Crippen molar-refractivity contribution < 1.29 is 27.5 Å². The zero-order chi connectivity index (χ0) is 26.7. The molecule has 0 radical (unpaired) electrons. The normalized spacial score (nSPS) is 21.9. The molecule has 0 bridgehead atoms. The first kappa shape index (κ1) is 27.0. The Morgan fingerprint density at radius 1 is 1.22 bits per heavy atom. The molecule has 2 aliphatic rings. The summed E-state index contributed by atoms with van der Waals surface area (Å²) >= 11 is 0. The van der Waals surface area contributed by atoms with Gasteiger partial charge in [0.05, 0.1) is 12.1 Å². The number of furan rings is 1. The van der Waals surface area contributed by atoms with E-state index < -0.39 is 40.2 Å². The van der Waals surface area contributed by atoms with E-state index in [0.717, 1.165) is 5.39 Å². The van der Waals surface area contributed by atoms with Gasteiger partial charge >= 0.3 is 10.2 Å². The molecule has 2 unspecified atom stereocenters. The van der Waals surface area contributed by atoms with Crippen LogP contribution in [0, 0.1) is 5.92 Å². The van der Waals surface area contributed by atoms with Crippen LogP contribution >= 0.6 is 0 Å². The van der Waals surface area contributed by atoms with Gasteiger partial charge in [-0.2, -0.15) is 12.7 Å². The molecule has 1 saturated heterocycles. The number of hydrogen-bond acceptors (Lipinski definition) is 7. The Labute approximate surface area is 217 Å². The fourth-order valence-corrected chi connectivity index (χ4v) is 6.13. The summed E-state index contributed by atoms with van der Waals surface area (Å²) in [6.45, 7) is 4.19. The van der Waals surface area contributed by atoms with E-state index in [1.165, 1.54) is 14.8 Å². The summed E-state index contributed by atoms with van der Waals surface area (Å²) in [7, 11) is -2.02. The van der Waals surface area contributed by atoms with Gasteiger partial charge in [-0.25, -0.2) is 4.31 Å². The molecule has 0 saturated carbocycles. The van der Waals surface area contributed by atoms with Crippen LogP contribution in [0.15, 0.2) is 47.1 Å². The molecule has 3 N–H and O–H groups in total. The highest BCUT2D eigenvalue weighted by Crippen LogP contribution is 2.21. The number of aliphatic hydroxyl groups excluding tert-OH is 1. The van der Waals surface area contributed by atoms with Crippen molar-refractivity contribution in [2.45, 2.75) is 51.3 Å². The molecular formula is C25H35N5O6S. The summed E-state index contributed by atoms with van der Waals surface area (Å²) in [5, 5.41) is 17.3. The second-order valence-corrected chi connectivity index (χ2v) is 12.0. The maximum absolute atomic E-state index is 13.2. The van der Waals surface area contributed by atoms with Crippen LogP contribution in [-0.4, -0.2) is 83.8 Å². The first-order chi connectivity index (χ1) is 17.5. The molecule has 1 aromatic heterocycles. The SMILES string of the molecule is CC(C)CC(NC(=O)c1cc2ccccc2o1)C(=O)NC1CCCN(S(=O)(=O)N2C=CN(C)C2)C[C@@H]1O. The summed E-state index contributed by atoms with van der Waals surface area (Å²) in [5.41, 5.74) is 0.578. The third kappa shape index (κ3) is 6.25. The van der Waals surface area contributed by atoms with Crippen molar-refractivity contribution >= 4 is 33.0 Å². The van der Waals surface area contributed by atoms with Crippen LogP contribution in [-0.2, 0) is 15.0 Å². The smallest absolute Gasteiger partial charge is 0.305 e. The van der Waals surface area contributed by atoms with Crippen LogP contribution < -0.4 is 10.6 Å². The van der Waals surface area contributed by atoms with Gasteiger partial charge in [0.1, 0.15) is 18.3 Å². The van der Waals surface area contributed by atoms with Gasteiger partial charge in [-0.15, -0.1) is 0 Å². The number of aliphatic hydroxyl groups is 1. The predicted octanol–water partition coefficient (Wildman–Crippen LogP) is 1.44. The number of fused-ring (bicyclic) bond motifs is 1. The molecule has 2 aromatic rings. The number of rotatable bonds is 8. The largest absolute Gasteiger partial charge is 0.451 e. The first-order valence-corrected chi connectivity index (χ1v) is 13.9. The molecule has 0 aliphatic carbocycles. The summed E-state index contributed by atoms with van der Waals surface area (Å²) in [6, 6.07) is 7.39. The third-order valence-electron chi connectivity index (χ3n) is 6.56. The summed E-state index contributed by atoms with van der Waals surface area (Å²) in [5.74, 6) is -0.709. The number of nitrogens with zero attached hydrogens (tertiary/aromatic N) is 3. The van der Waals surface area contributed by atoms with E-state index in [1.54, 1.807) is 30.3 Å². The molecular weight excluding hydrogens is 498 g/mol. The van der Waals surface area contributed by atoms with Crippen molar-refractivity contribution in [1.82, 2.24) is 24.1 Å². The Kier molecular flexibility index (Phi) is 8.10. The summed E-state index contributed by atoms with van der Waals surface area (Å²) < 4.78 is 34.2. The van der Waals surface area contributed by atoms with Crippen molar-refractivity contribution in [3.63, 3.8) is 0 Å². The molecule has 11 nitrogen and oxygen atoms in total. The number of carbonyl (C=O) groups excluding carboxylic acids is 2. The lowest BCUT2D eigenvalue weighted by Gasteiger charge is -2.29. The fraction of sp³-hybridized carbons (Fsp3) is 0.520. The number of amides is 2. The quantitative estimate of drug-likeness (QED) is 0.467. The average molecular weight is 534 g/mol. The maximum atomic E-state index is 13.2. The highest BCUT2D eigenvalue weighted by molar-refractivity contribution is 7.86. The van der Waals surface area contributed by atoms with E-state index in [1.807, 2.05) is 32.0 Å². The number of hydrogen-bond donors (Lipinski definition) is 3. The van der Waals surface area contributed by atoms with Crippen LogP contribution in [0.2, 0.25) is 0 Å². The van der Waals surface area contributed by atoms with Crippen molar-refractivity contribution in [1.29, 1.82) is 0 Å². The molecule has 37 heavy (non-hydrogen) atoms. The van der Waals surface area contributed by atoms with Gasteiger partial charge in [0.25, 0.3) is 5.91 Å². The molecule has 1 aromatic carbocycles. The zero-order valence-corrected chi connectivity index (χ0v) is 22.1. The van der Waals surface area contributed by atoms with Gasteiger partial charge in [0, 0.05) is 37.9 Å². The van der Waals surface area contributed by atoms with Gasteiger partial charge < -0.3 is 25.1 Å². The van der Waals surface area contributed by atoms with Crippen molar-refractivity contribution in [3.8, 4) is 0 Å². The van der Waals surface area contributed by atoms with Crippen molar-refractivity contribution in [3.05, 3.63) is 48.5 Å². The van der Waals surface area contributed by atoms with Crippen LogP contribution in [0.3, 0.4) is 0 Å². The van der Waals surface area contributed by atoms with Gasteiger partial charge in [-0.3, -0.25) is 9.59 Å². The molecule has 4 rings (SSSR count). The lowest BCUT2D eigenvalue weighted by molar-refractivity contribution is -0.125. The fourth-order valence-electron chi connectivity index (χ4n) is 4.59. The number of nitrogens with one attached hydrogen (secondary N) is 2. The monoisotopic (exact) mass is 533 g/mol. The van der Waals surface area contributed by atoms with Gasteiger partial charge in [-0.05, 0) is 37.3 Å². The molecule has 2 aliphatic heterocycles. The second kappa shape index (κ2) is 11.1. The zero-order valence-electron chi connectivity index (χ0n) is 21.3. The second-order valence-electron chi connectivity index (χ2n) is 10.1. The van der Waals surface area contributed by atoms with Crippen LogP contribution in [0.25, 0.3) is 11.0 Å². The van der Waals surface area contributed by atoms with Gasteiger partial charge in [-0.1, -0.05) is 32.0 Å². The van der Waals surface area contributed by atoms with Crippen LogP contribution in [0.1, 0.15) is 43.7 Å². The van der Waals surface area contributed by atoms with E-state index >= 15 is 0 Å². The molecule has 0 spiro atoms. The topological polar surface area (TPSA) is 135 Å². The Morgan fingerprint density at radius 2 is 1.97 bits per heavy atom. The molecule has 202 valence electrons. The van der Waals surface area contributed by atoms with Gasteiger partial charge in [0.15, 0.2) is 5.76 Å². The van der Waals surface area contributed by atoms with E-state index in [9.17, 15) is 23.1 Å². The molecule has 1 fully saturated rings. The van der Waals surface area contributed by atoms with Crippen LogP contribution in [0.4, 0.5) is 0 Å². The molecule has 12 heteroatoms. The highest BCUT2D eigenvalue weighted by Gasteiger charge is 2.37. The Hall–Kier alpha value is -3.09. The van der Waals surface area contributed by atoms with Gasteiger partial charge in [0.2, 0.25) is 5.91 Å². The van der Waals surface area contributed by atoms with E-state index in [-0.39, 0.29) is 31.4 Å². The van der Waals surface area contributed by atoms with Crippen LogP contribution in [0.5, 0.6) is 0 Å². The standard InChI is InChI=1S/C25H35N5O6S/c1-17(2)13-20(27-25(33)23-14-18-7-4-5-9-22(18)36-23)24(32)26-19-8-6-10-29(15-21(19)31)37(34,35)30-12-11-28(3)16-30/h4-5,7,9,11-12,14,17,19-21,31H,6,8,10,13,15-16H2,1-3H3,(H,26,32)(H,27,33)/t19?,20?,21-/m0/s1. The number of carbonyl (C=O) groups is 2. The van der Waals surface area contributed by atoms with Crippen molar-refractivity contribution in [2.75, 3.05) is 26.8 Å². The Morgan fingerprint density at radius 3 is 2.65 bits per heavy atom. The van der Waals surface area contributed by atoms with E-state index in [0.29, 0.717) is 24.8 Å². The lowest BCUT2D eigenvalue weighted by Crippen LogP contribution is -2.54. The van der Waals surface area contributed by atoms with E-state index in [4.69, 9.17) is 4.42 Å². The number of β-amino-alcohol motifs (C(OH)–C–C–N with tert-alkyl or cyclic N) is 1. The molecule has 2 amide bonds. The maximum Gasteiger partial charge on any atom is 0.305 e. The lowest BCUT2D eigenvalue weighted by atomic mass is 10.0. The minimum Gasteiger partial charge on any atom is -0.451 e. The molecule has 3 atom stereocenters. The third-order valence-corrected chi connectivity index (χ3v) is 8.37. The molecule has 3 heterocycles. The predicted molar refractivity (Wildman–Crippen MR) is 138 cm³/mol. The highest BCUT2D eigenvalue weighted by atomic mass is 32.2. The summed E-state index contributed by atoms with van der Waals surface area (Å²) in [6.07, 6.45) is 3.32. The van der Waals surface area contributed by atoms with E-state index in [2.05, 4.69) is 10.6 Å². The number of benzene rings is 1. The first-order valence-electron chi connectivity index (χ1n) is 12.5. The Bertz CT molecular complexity index is 1230. The Balaban J connectivity index is 1.41. The summed E-state index contributed by atoms with van der Waals surface area (Å²) in [4.78, 5) is 27.9. The minimum absolute atomic E-state index is 0.109. The van der Waals surface area contributed by atoms with Crippen molar-refractivity contribution in [2.24, 2.45) is 5.92 Å². The minimum atomic E-state index is -3.79. The average Bonchev–Trinajstić information content (AvgIpc) is 3.43.